The second-order valence-electron chi connectivity index (χ2n) is 6.54. The molecule has 1 amide bonds. The van der Waals surface area contributed by atoms with Crippen molar-refractivity contribution < 1.29 is 9.53 Å². The summed E-state index contributed by atoms with van der Waals surface area (Å²) in [5, 5.41) is 1.53. The molecule has 2 aliphatic rings. The summed E-state index contributed by atoms with van der Waals surface area (Å²) in [6.45, 7) is 3.38. The van der Waals surface area contributed by atoms with Crippen molar-refractivity contribution in [3.8, 4) is 5.75 Å². The zero-order valence-corrected chi connectivity index (χ0v) is 17.0. The molecule has 4 rings (SSSR count). The standard InChI is InChI=1S/C21H20ClN3O2S/c1-27-18-7-5-15(6-8-18)13-19-20(26)23-21(28-19)25-11-9-24(10-12-25)17-4-2-3-16(22)14-17/h2-8,13-14H,9-12H2,1H3/b19-13-. The molecular formula is C21H20ClN3O2S. The van der Waals surface area contributed by atoms with Gasteiger partial charge in [-0.15, -0.1) is 0 Å². The Hall–Kier alpha value is -2.44. The van der Waals surface area contributed by atoms with Crippen molar-refractivity contribution in [2.45, 2.75) is 0 Å². The van der Waals surface area contributed by atoms with Crippen molar-refractivity contribution >= 4 is 46.2 Å². The van der Waals surface area contributed by atoms with E-state index >= 15 is 0 Å². The molecule has 5 nitrogen and oxygen atoms in total. The second kappa shape index (κ2) is 8.29. The highest BCUT2D eigenvalue weighted by atomic mass is 35.5. The Morgan fingerprint density at radius 2 is 1.79 bits per heavy atom. The van der Waals surface area contributed by atoms with Crippen molar-refractivity contribution in [1.29, 1.82) is 0 Å². The van der Waals surface area contributed by atoms with Gasteiger partial charge in [0.2, 0.25) is 0 Å². The Kier molecular flexibility index (Phi) is 5.59. The molecule has 0 N–H and O–H groups in total. The van der Waals surface area contributed by atoms with Crippen molar-refractivity contribution in [2.24, 2.45) is 4.99 Å². The zero-order valence-electron chi connectivity index (χ0n) is 15.5. The van der Waals surface area contributed by atoms with Crippen LogP contribution in [0.25, 0.3) is 6.08 Å². The first-order valence-corrected chi connectivity index (χ1v) is 10.2. The molecule has 2 heterocycles. The van der Waals surface area contributed by atoms with Crippen LogP contribution in [0.4, 0.5) is 5.69 Å². The van der Waals surface area contributed by atoms with E-state index in [4.69, 9.17) is 16.3 Å². The van der Waals surface area contributed by atoms with Crippen LogP contribution in [0.5, 0.6) is 5.75 Å². The quantitative estimate of drug-likeness (QED) is 0.707. The Bertz CT molecular complexity index is 935. The predicted octanol–water partition coefficient (Wildman–Crippen LogP) is 4.14. The number of thioether (sulfide) groups is 1. The van der Waals surface area contributed by atoms with E-state index in [1.807, 2.05) is 48.5 Å². The fourth-order valence-electron chi connectivity index (χ4n) is 3.21. The number of carbonyl (C=O) groups is 1. The molecule has 28 heavy (non-hydrogen) atoms. The number of benzene rings is 2. The van der Waals surface area contributed by atoms with Crippen molar-refractivity contribution in [2.75, 3.05) is 38.2 Å². The minimum absolute atomic E-state index is 0.173. The van der Waals surface area contributed by atoms with Crippen LogP contribution in [0.2, 0.25) is 5.02 Å². The summed E-state index contributed by atoms with van der Waals surface area (Å²) in [5.74, 6) is 0.621. The molecule has 0 unspecified atom stereocenters. The lowest BCUT2D eigenvalue weighted by atomic mass is 10.2. The molecule has 144 valence electrons. The number of rotatable bonds is 3. The first-order chi connectivity index (χ1) is 13.6. The minimum atomic E-state index is -0.173. The highest BCUT2D eigenvalue weighted by Gasteiger charge is 2.28. The number of hydrogen-bond donors (Lipinski definition) is 0. The van der Waals surface area contributed by atoms with Gasteiger partial charge in [0.15, 0.2) is 5.17 Å². The monoisotopic (exact) mass is 413 g/mol. The summed E-state index contributed by atoms with van der Waals surface area (Å²) < 4.78 is 5.17. The van der Waals surface area contributed by atoms with E-state index in [1.165, 1.54) is 11.8 Å². The second-order valence-corrected chi connectivity index (χ2v) is 7.98. The molecule has 7 heteroatoms. The van der Waals surface area contributed by atoms with E-state index < -0.39 is 0 Å². The smallest absolute Gasteiger partial charge is 0.286 e. The van der Waals surface area contributed by atoms with Gasteiger partial charge in [-0.1, -0.05) is 29.8 Å². The molecule has 0 atom stereocenters. The number of amides is 1. The van der Waals surface area contributed by atoms with E-state index in [1.54, 1.807) is 7.11 Å². The van der Waals surface area contributed by atoms with E-state index in [-0.39, 0.29) is 5.91 Å². The third-order valence-corrected chi connectivity index (χ3v) is 6.03. The van der Waals surface area contributed by atoms with Crippen molar-refractivity contribution in [1.82, 2.24) is 4.90 Å². The number of nitrogens with zero attached hydrogens (tertiary/aromatic N) is 3. The molecule has 2 aromatic carbocycles. The van der Waals surface area contributed by atoms with Gasteiger partial charge in [-0.3, -0.25) is 4.79 Å². The van der Waals surface area contributed by atoms with Crippen LogP contribution >= 0.6 is 23.4 Å². The molecule has 1 saturated heterocycles. The van der Waals surface area contributed by atoms with Gasteiger partial charge in [-0.2, -0.15) is 4.99 Å². The third kappa shape index (κ3) is 4.18. The van der Waals surface area contributed by atoms with Gasteiger partial charge in [0.25, 0.3) is 5.91 Å². The van der Waals surface area contributed by atoms with E-state index in [9.17, 15) is 4.79 Å². The number of anilines is 1. The van der Waals surface area contributed by atoms with Gasteiger partial charge in [-0.25, -0.2) is 0 Å². The molecule has 0 spiro atoms. The number of hydrogen-bond acceptors (Lipinski definition) is 5. The predicted molar refractivity (Wildman–Crippen MR) is 116 cm³/mol. The summed E-state index contributed by atoms with van der Waals surface area (Å²) in [7, 11) is 1.63. The summed E-state index contributed by atoms with van der Waals surface area (Å²) in [6.07, 6.45) is 1.88. The molecule has 2 aromatic rings. The lowest BCUT2D eigenvalue weighted by molar-refractivity contribution is -0.113. The highest BCUT2D eigenvalue weighted by molar-refractivity contribution is 8.18. The molecule has 0 aliphatic carbocycles. The molecule has 2 aliphatic heterocycles. The Morgan fingerprint density at radius 3 is 2.46 bits per heavy atom. The first kappa shape index (κ1) is 18.9. The Labute approximate surface area is 173 Å². The maximum absolute atomic E-state index is 12.3. The van der Waals surface area contributed by atoms with Crippen LogP contribution in [0.3, 0.4) is 0 Å². The van der Waals surface area contributed by atoms with Crippen LogP contribution in [0.15, 0.2) is 58.4 Å². The van der Waals surface area contributed by atoms with Gasteiger partial charge in [0.1, 0.15) is 5.75 Å². The van der Waals surface area contributed by atoms with Gasteiger partial charge >= 0.3 is 0 Å². The van der Waals surface area contributed by atoms with Crippen LogP contribution in [-0.2, 0) is 4.79 Å². The fourth-order valence-corrected chi connectivity index (χ4v) is 4.36. The molecule has 0 bridgehead atoms. The number of carbonyl (C=O) groups excluding carboxylic acids is 1. The van der Waals surface area contributed by atoms with Crippen LogP contribution < -0.4 is 9.64 Å². The fraction of sp³-hybridized carbons (Fsp3) is 0.238. The van der Waals surface area contributed by atoms with Crippen LogP contribution in [0.1, 0.15) is 5.56 Å². The molecule has 0 aromatic heterocycles. The zero-order chi connectivity index (χ0) is 19.5. The number of methoxy groups -OCH3 is 1. The lowest BCUT2D eigenvalue weighted by Gasteiger charge is -2.36. The number of halogens is 1. The highest BCUT2D eigenvalue weighted by Crippen LogP contribution is 2.31. The first-order valence-electron chi connectivity index (χ1n) is 9.04. The van der Waals surface area contributed by atoms with Gasteiger partial charge < -0.3 is 14.5 Å². The van der Waals surface area contributed by atoms with Crippen molar-refractivity contribution in [3.63, 3.8) is 0 Å². The number of piperazine rings is 1. The molecule has 0 saturated carbocycles. The Balaban J connectivity index is 1.39. The summed E-state index contributed by atoms with van der Waals surface area (Å²) in [5.41, 5.74) is 2.09. The topological polar surface area (TPSA) is 45.1 Å². The average molecular weight is 414 g/mol. The van der Waals surface area contributed by atoms with Gasteiger partial charge in [-0.05, 0) is 53.7 Å². The minimum Gasteiger partial charge on any atom is -0.497 e. The lowest BCUT2D eigenvalue weighted by Crippen LogP contribution is -2.47. The van der Waals surface area contributed by atoms with Gasteiger partial charge in [0.05, 0.1) is 12.0 Å². The van der Waals surface area contributed by atoms with Crippen molar-refractivity contribution in [3.05, 3.63) is 64.0 Å². The maximum Gasteiger partial charge on any atom is 0.286 e. The molecule has 1 fully saturated rings. The van der Waals surface area contributed by atoms with E-state index in [0.717, 1.165) is 53.4 Å². The summed E-state index contributed by atoms with van der Waals surface area (Å²) in [6, 6.07) is 15.5. The third-order valence-electron chi connectivity index (χ3n) is 4.75. The van der Waals surface area contributed by atoms with E-state index in [0.29, 0.717) is 4.91 Å². The SMILES string of the molecule is COc1ccc(/C=C2\SC(N3CCN(c4cccc(Cl)c4)CC3)=NC2=O)cc1. The van der Waals surface area contributed by atoms with E-state index in [2.05, 4.69) is 20.9 Å². The maximum atomic E-state index is 12.3. The molecule has 0 radical (unpaired) electrons. The average Bonchev–Trinajstić information content (AvgIpc) is 3.09. The summed E-state index contributed by atoms with van der Waals surface area (Å²) in [4.78, 5) is 21.7. The largest absolute Gasteiger partial charge is 0.497 e. The number of amidine groups is 1. The summed E-state index contributed by atoms with van der Waals surface area (Å²) >= 11 is 7.55. The van der Waals surface area contributed by atoms with Crippen LogP contribution in [-0.4, -0.2) is 49.3 Å². The molecular weight excluding hydrogens is 394 g/mol. The number of ether oxygens (including phenoxy) is 1. The van der Waals surface area contributed by atoms with Crippen LogP contribution in [0, 0.1) is 0 Å². The Morgan fingerprint density at radius 1 is 1.07 bits per heavy atom. The van der Waals surface area contributed by atoms with Gasteiger partial charge in [0, 0.05) is 36.9 Å². The number of aliphatic imine (C=N–C) groups is 1. The normalized spacial score (nSPS) is 18.6.